The zero-order valence-corrected chi connectivity index (χ0v) is 14.4. The summed E-state index contributed by atoms with van der Waals surface area (Å²) in [5.41, 5.74) is 1.11. The highest BCUT2D eigenvalue weighted by molar-refractivity contribution is 5.77. The zero-order valence-electron chi connectivity index (χ0n) is 14.4. The summed E-state index contributed by atoms with van der Waals surface area (Å²) in [6, 6.07) is 10.0. The molecule has 1 aromatic carbocycles. The molecule has 0 radical (unpaired) electrons. The standard InChI is InChI=1S/C19H23N3O3/c1-14-4-2-5-17(12-14)24-13-18(23)22-15-6-8-16(9-7-15)25-19-20-10-3-11-21-19/h2-5,10-12,15-16H,6-9,13H2,1H3,(H,22,23). The Kier molecular flexibility index (Phi) is 5.82. The van der Waals surface area contributed by atoms with Crippen molar-refractivity contribution in [3.05, 3.63) is 48.3 Å². The Morgan fingerprint density at radius 2 is 1.92 bits per heavy atom. The molecule has 6 heteroatoms. The molecule has 2 aromatic rings. The zero-order chi connectivity index (χ0) is 17.5. The Labute approximate surface area is 147 Å². The van der Waals surface area contributed by atoms with Crippen LogP contribution in [0.1, 0.15) is 31.2 Å². The summed E-state index contributed by atoms with van der Waals surface area (Å²) in [7, 11) is 0. The van der Waals surface area contributed by atoms with Crippen molar-refractivity contribution in [1.29, 1.82) is 0 Å². The lowest BCUT2D eigenvalue weighted by molar-refractivity contribution is -0.124. The molecule has 0 bridgehead atoms. The Hall–Kier alpha value is -2.63. The molecule has 0 saturated heterocycles. The molecular weight excluding hydrogens is 318 g/mol. The van der Waals surface area contributed by atoms with Crippen LogP contribution in [0.15, 0.2) is 42.7 Å². The second kappa shape index (κ2) is 8.46. The predicted molar refractivity (Wildman–Crippen MR) is 93.5 cm³/mol. The van der Waals surface area contributed by atoms with Crippen molar-refractivity contribution in [3.8, 4) is 11.8 Å². The van der Waals surface area contributed by atoms with Crippen molar-refractivity contribution in [2.75, 3.05) is 6.61 Å². The van der Waals surface area contributed by atoms with Crippen LogP contribution in [0, 0.1) is 6.92 Å². The number of nitrogens with zero attached hydrogens (tertiary/aromatic N) is 2. The Balaban J connectivity index is 1.37. The van der Waals surface area contributed by atoms with Crippen molar-refractivity contribution in [3.63, 3.8) is 0 Å². The molecule has 1 aliphatic carbocycles. The van der Waals surface area contributed by atoms with Gasteiger partial charge in [-0.2, -0.15) is 0 Å². The molecule has 25 heavy (non-hydrogen) atoms. The first-order valence-electron chi connectivity index (χ1n) is 8.61. The lowest BCUT2D eigenvalue weighted by Gasteiger charge is -2.28. The molecule has 1 fully saturated rings. The maximum Gasteiger partial charge on any atom is 0.316 e. The van der Waals surface area contributed by atoms with Gasteiger partial charge in [-0.25, -0.2) is 9.97 Å². The van der Waals surface area contributed by atoms with Gasteiger partial charge in [-0.15, -0.1) is 0 Å². The van der Waals surface area contributed by atoms with E-state index in [4.69, 9.17) is 9.47 Å². The average Bonchev–Trinajstić information content (AvgIpc) is 2.63. The third-order valence-corrected chi connectivity index (χ3v) is 4.21. The summed E-state index contributed by atoms with van der Waals surface area (Å²) in [5.74, 6) is 0.632. The molecular formula is C19H23N3O3. The fraction of sp³-hybridized carbons (Fsp3) is 0.421. The average molecular weight is 341 g/mol. The summed E-state index contributed by atoms with van der Waals surface area (Å²) in [4.78, 5) is 20.2. The highest BCUT2D eigenvalue weighted by Crippen LogP contribution is 2.22. The number of rotatable bonds is 6. The van der Waals surface area contributed by atoms with Crippen LogP contribution in [0.5, 0.6) is 11.8 Å². The maximum atomic E-state index is 12.1. The van der Waals surface area contributed by atoms with E-state index < -0.39 is 0 Å². The highest BCUT2D eigenvalue weighted by Gasteiger charge is 2.24. The summed E-state index contributed by atoms with van der Waals surface area (Å²) in [5, 5.41) is 3.04. The molecule has 0 aliphatic heterocycles. The minimum Gasteiger partial charge on any atom is -0.484 e. The molecule has 3 rings (SSSR count). The second-order valence-electron chi connectivity index (χ2n) is 6.30. The SMILES string of the molecule is Cc1cccc(OCC(=O)NC2CCC(Oc3ncccn3)CC2)c1. The van der Waals surface area contributed by atoms with Gasteiger partial charge in [-0.05, 0) is 56.4 Å². The van der Waals surface area contributed by atoms with E-state index in [-0.39, 0.29) is 24.7 Å². The van der Waals surface area contributed by atoms with Gasteiger partial charge in [0.1, 0.15) is 11.9 Å². The first kappa shape index (κ1) is 17.2. The lowest BCUT2D eigenvalue weighted by Crippen LogP contribution is -2.41. The summed E-state index contributed by atoms with van der Waals surface area (Å²) >= 11 is 0. The summed E-state index contributed by atoms with van der Waals surface area (Å²) in [6.07, 6.45) is 6.97. The van der Waals surface area contributed by atoms with Gasteiger partial charge < -0.3 is 14.8 Å². The fourth-order valence-corrected chi connectivity index (χ4v) is 2.94. The Morgan fingerprint density at radius 1 is 1.16 bits per heavy atom. The number of hydrogen-bond acceptors (Lipinski definition) is 5. The van der Waals surface area contributed by atoms with E-state index in [2.05, 4.69) is 15.3 Å². The van der Waals surface area contributed by atoms with Crippen LogP contribution < -0.4 is 14.8 Å². The van der Waals surface area contributed by atoms with E-state index in [1.165, 1.54) is 0 Å². The number of aryl methyl sites for hydroxylation is 1. The van der Waals surface area contributed by atoms with Crippen LogP contribution in [0.4, 0.5) is 0 Å². The van der Waals surface area contributed by atoms with E-state index in [0.29, 0.717) is 6.01 Å². The smallest absolute Gasteiger partial charge is 0.316 e. The third-order valence-electron chi connectivity index (χ3n) is 4.21. The van der Waals surface area contributed by atoms with Crippen LogP contribution in [0.25, 0.3) is 0 Å². The molecule has 0 unspecified atom stereocenters. The normalized spacial score (nSPS) is 19.9. The van der Waals surface area contributed by atoms with Crippen molar-refractivity contribution in [2.24, 2.45) is 0 Å². The van der Waals surface area contributed by atoms with E-state index in [1.54, 1.807) is 18.5 Å². The third kappa shape index (κ3) is 5.45. The first-order chi connectivity index (χ1) is 12.2. The predicted octanol–water partition coefficient (Wildman–Crippen LogP) is 2.67. The topological polar surface area (TPSA) is 73.3 Å². The van der Waals surface area contributed by atoms with Crippen molar-refractivity contribution >= 4 is 5.91 Å². The van der Waals surface area contributed by atoms with Crippen LogP contribution in [0.2, 0.25) is 0 Å². The molecule has 1 amide bonds. The fourth-order valence-electron chi connectivity index (χ4n) is 2.94. The van der Waals surface area contributed by atoms with Crippen molar-refractivity contribution in [1.82, 2.24) is 15.3 Å². The number of carbonyl (C=O) groups is 1. The van der Waals surface area contributed by atoms with Crippen LogP contribution in [-0.4, -0.2) is 34.6 Å². The summed E-state index contributed by atoms with van der Waals surface area (Å²) in [6.45, 7) is 2.03. The Bertz CT molecular complexity index is 685. The van der Waals surface area contributed by atoms with Crippen LogP contribution in [0.3, 0.4) is 0 Å². The molecule has 0 atom stereocenters. The van der Waals surface area contributed by atoms with Gasteiger partial charge in [0.15, 0.2) is 6.61 Å². The lowest BCUT2D eigenvalue weighted by atomic mass is 9.93. The quantitative estimate of drug-likeness (QED) is 0.874. The van der Waals surface area contributed by atoms with Crippen LogP contribution in [-0.2, 0) is 4.79 Å². The Morgan fingerprint density at radius 3 is 2.64 bits per heavy atom. The van der Waals surface area contributed by atoms with Gasteiger partial charge in [0.05, 0.1) is 0 Å². The van der Waals surface area contributed by atoms with E-state index in [1.807, 2.05) is 31.2 Å². The number of hydrogen-bond donors (Lipinski definition) is 1. The number of amides is 1. The second-order valence-corrected chi connectivity index (χ2v) is 6.30. The first-order valence-corrected chi connectivity index (χ1v) is 8.61. The number of carbonyl (C=O) groups excluding carboxylic acids is 1. The number of benzene rings is 1. The van der Waals surface area contributed by atoms with Gasteiger partial charge in [0.2, 0.25) is 0 Å². The minimum absolute atomic E-state index is 0.0394. The molecule has 1 aliphatic rings. The monoisotopic (exact) mass is 341 g/mol. The van der Waals surface area contributed by atoms with Gasteiger partial charge >= 0.3 is 6.01 Å². The molecule has 132 valence electrons. The molecule has 1 heterocycles. The highest BCUT2D eigenvalue weighted by atomic mass is 16.5. The number of ether oxygens (including phenoxy) is 2. The maximum absolute atomic E-state index is 12.1. The molecule has 1 aromatic heterocycles. The van der Waals surface area contributed by atoms with Crippen molar-refractivity contribution < 1.29 is 14.3 Å². The van der Waals surface area contributed by atoms with E-state index in [0.717, 1.165) is 37.0 Å². The van der Waals surface area contributed by atoms with Gasteiger partial charge in [-0.1, -0.05) is 12.1 Å². The minimum atomic E-state index is -0.0859. The van der Waals surface area contributed by atoms with E-state index in [9.17, 15) is 4.79 Å². The number of nitrogens with one attached hydrogen (secondary N) is 1. The van der Waals surface area contributed by atoms with Crippen molar-refractivity contribution in [2.45, 2.75) is 44.8 Å². The molecule has 6 nitrogen and oxygen atoms in total. The van der Waals surface area contributed by atoms with Gasteiger partial charge in [0.25, 0.3) is 5.91 Å². The molecule has 1 N–H and O–H groups in total. The molecule has 1 saturated carbocycles. The number of aromatic nitrogens is 2. The summed E-state index contributed by atoms with van der Waals surface area (Å²) < 4.78 is 11.3. The largest absolute Gasteiger partial charge is 0.484 e. The van der Waals surface area contributed by atoms with Gasteiger partial charge in [-0.3, -0.25) is 4.79 Å². The van der Waals surface area contributed by atoms with E-state index >= 15 is 0 Å². The van der Waals surface area contributed by atoms with Gasteiger partial charge in [0, 0.05) is 18.4 Å². The molecule has 0 spiro atoms. The van der Waals surface area contributed by atoms with Crippen LogP contribution >= 0.6 is 0 Å².